The van der Waals surface area contributed by atoms with Gasteiger partial charge in [-0.15, -0.1) is 0 Å². The van der Waals surface area contributed by atoms with E-state index in [1.165, 1.54) is 38.2 Å². The minimum atomic E-state index is 0.415. The predicted octanol–water partition coefficient (Wildman–Crippen LogP) is 2.94. The Morgan fingerprint density at radius 2 is 2.15 bits per heavy atom. The third-order valence-corrected chi connectivity index (χ3v) is 4.27. The Bertz CT molecular complexity index is 567. The molecule has 0 amide bonds. The van der Waals surface area contributed by atoms with E-state index >= 15 is 0 Å². The molecule has 108 valence electrons. The summed E-state index contributed by atoms with van der Waals surface area (Å²) < 4.78 is 2.30. The summed E-state index contributed by atoms with van der Waals surface area (Å²) in [5.74, 6) is 2.05. The van der Waals surface area contributed by atoms with Crippen molar-refractivity contribution >= 4 is 11.2 Å². The summed E-state index contributed by atoms with van der Waals surface area (Å²) in [6.45, 7) is 6.77. The van der Waals surface area contributed by atoms with Gasteiger partial charge in [0.1, 0.15) is 11.3 Å². The zero-order valence-electron chi connectivity index (χ0n) is 12.5. The maximum absolute atomic E-state index is 4.80. The van der Waals surface area contributed by atoms with Crippen molar-refractivity contribution in [3.05, 3.63) is 24.2 Å². The second-order valence-corrected chi connectivity index (χ2v) is 6.07. The molecule has 3 heterocycles. The molecule has 4 nitrogen and oxygen atoms in total. The molecule has 1 saturated heterocycles. The zero-order valence-corrected chi connectivity index (χ0v) is 12.5. The Kier molecular flexibility index (Phi) is 4.01. The summed E-state index contributed by atoms with van der Waals surface area (Å²) in [5.41, 5.74) is 2.06. The van der Waals surface area contributed by atoms with Gasteiger partial charge in [0, 0.05) is 18.7 Å². The molecule has 0 unspecified atom stereocenters. The molecular weight excluding hydrogens is 248 g/mol. The summed E-state index contributed by atoms with van der Waals surface area (Å²) in [6.07, 6.45) is 6.79. The lowest BCUT2D eigenvalue weighted by atomic mass is 9.93. The molecular formula is C16H24N4. The third kappa shape index (κ3) is 2.70. The Balaban J connectivity index is 1.81. The van der Waals surface area contributed by atoms with Gasteiger partial charge in [-0.05, 0) is 64.3 Å². The van der Waals surface area contributed by atoms with Crippen molar-refractivity contribution in [2.45, 2.75) is 45.6 Å². The monoisotopic (exact) mass is 272 g/mol. The third-order valence-electron chi connectivity index (χ3n) is 4.27. The number of aryl methyl sites for hydroxylation is 1. The predicted molar refractivity (Wildman–Crippen MR) is 81.8 cm³/mol. The van der Waals surface area contributed by atoms with E-state index < -0.39 is 0 Å². The van der Waals surface area contributed by atoms with E-state index in [9.17, 15) is 0 Å². The molecule has 0 saturated carbocycles. The van der Waals surface area contributed by atoms with Crippen LogP contribution in [0.1, 0.15) is 45.0 Å². The van der Waals surface area contributed by atoms with Crippen molar-refractivity contribution < 1.29 is 0 Å². The number of rotatable bonds is 4. The molecule has 4 heteroatoms. The quantitative estimate of drug-likeness (QED) is 0.930. The fraction of sp³-hybridized carbons (Fsp3) is 0.625. The summed E-state index contributed by atoms with van der Waals surface area (Å²) in [4.78, 5) is 9.31. The summed E-state index contributed by atoms with van der Waals surface area (Å²) in [7, 11) is 0. The van der Waals surface area contributed by atoms with Crippen LogP contribution in [0.5, 0.6) is 0 Å². The van der Waals surface area contributed by atoms with Crippen molar-refractivity contribution in [1.82, 2.24) is 19.9 Å². The molecule has 2 aromatic rings. The highest BCUT2D eigenvalue weighted by atomic mass is 15.1. The number of fused-ring (bicyclic) bond motifs is 1. The van der Waals surface area contributed by atoms with Gasteiger partial charge in [0.2, 0.25) is 0 Å². The van der Waals surface area contributed by atoms with E-state index in [0.717, 1.165) is 23.5 Å². The van der Waals surface area contributed by atoms with Gasteiger partial charge in [0.25, 0.3) is 0 Å². The fourth-order valence-electron chi connectivity index (χ4n) is 3.20. The molecule has 1 aliphatic rings. The van der Waals surface area contributed by atoms with Gasteiger partial charge in [0.05, 0.1) is 0 Å². The molecule has 0 bridgehead atoms. The van der Waals surface area contributed by atoms with Gasteiger partial charge >= 0.3 is 0 Å². The average Bonchev–Trinajstić information content (AvgIpc) is 2.84. The molecule has 0 spiro atoms. The lowest BCUT2D eigenvalue weighted by Crippen LogP contribution is -2.28. The molecule has 0 aliphatic carbocycles. The lowest BCUT2D eigenvalue weighted by molar-refractivity contribution is 0.350. The molecule has 1 N–H and O–H groups in total. The highest BCUT2D eigenvalue weighted by Crippen LogP contribution is 2.23. The van der Waals surface area contributed by atoms with E-state index in [2.05, 4.69) is 34.8 Å². The van der Waals surface area contributed by atoms with Crippen molar-refractivity contribution in [2.24, 2.45) is 5.92 Å². The summed E-state index contributed by atoms with van der Waals surface area (Å²) >= 11 is 0. The van der Waals surface area contributed by atoms with E-state index in [1.54, 1.807) is 0 Å². The number of nitrogens with one attached hydrogen (secondary N) is 1. The molecule has 1 fully saturated rings. The summed E-state index contributed by atoms with van der Waals surface area (Å²) in [6, 6.07) is 4.45. The zero-order chi connectivity index (χ0) is 13.9. The minimum Gasteiger partial charge on any atom is -0.317 e. The normalized spacial score (nSPS) is 17.1. The number of nitrogens with zero attached hydrogens (tertiary/aromatic N) is 3. The maximum atomic E-state index is 4.80. The highest BCUT2D eigenvalue weighted by molar-refractivity contribution is 5.71. The Morgan fingerprint density at radius 1 is 1.35 bits per heavy atom. The second kappa shape index (κ2) is 5.92. The van der Waals surface area contributed by atoms with Crippen LogP contribution < -0.4 is 5.32 Å². The number of hydrogen-bond donors (Lipinski definition) is 1. The first kappa shape index (κ1) is 13.6. The first-order valence-corrected chi connectivity index (χ1v) is 7.78. The lowest BCUT2D eigenvalue weighted by Gasteiger charge is -2.22. The van der Waals surface area contributed by atoms with Crippen LogP contribution in [-0.2, 0) is 6.42 Å². The molecule has 20 heavy (non-hydrogen) atoms. The standard InChI is InChI=1S/C16H24N4/c1-12(2)20-15(6-5-13-7-10-17-11-8-13)19-14-4-3-9-18-16(14)20/h3-4,9,12-13,17H,5-8,10-11H2,1-2H3. The van der Waals surface area contributed by atoms with Crippen molar-refractivity contribution in [3.8, 4) is 0 Å². The first-order valence-electron chi connectivity index (χ1n) is 7.78. The van der Waals surface area contributed by atoms with Crippen LogP contribution >= 0.6 is 0 Å². The van der Waals surface area contributed by atoms with Gasteiger partial charge in [-0.1, -0.05) is 0 Å². The molecule has 0 aromatic carbocycles. The van der Waals surface area contributed by atoms with Crippen molar-refractivity contribution in [3.63, 3.8) is 0 Å². The van der Waals surface area contributed by atoms with E-state index in [4.69, 9.17) is 4.98 Å². The van der Waals surface area contributed by atoms with Gasteiger partial charge in [-0.2, -0.15) is 0 Å². The van der Waals surface area contributed by atoms with Crippen LogP contribution in [0, 0.1) is 5.92 Å². The molecule has 2 aromatic heterocycles. The molecule has 0 atom stereocenters. The van der Waals surface area contributed by atoms with Crippen LogP contribution in [0.4, 0.5) is 0 Å². The van der Waals surface area contributed by atoms with E-state index in [-0.39, 0.29) is 0 Å². The number of hydrogen-bond acceptors (Lipinski definition) is 3. The summed E-state index contributed by atoms with van der Waals surface area (Å²) in [5, 5.41) is 3.43. The molecule has 3 rings (SSSR count). The second-order valence-electron chi connectivity index (χ2n) is 6.07. The average molecular weight is 272 g/mol. The first-order chi connectivity index (χ1) is 9.75. The molecule has 0 radical (unpaired) electrons. The van der Waals surface area contributed by atoms with Crippen LogP contribution in [0.2, 0.25) is 0 Å². The minimum absolute atomic E-state index is 0.415. The van der Waals surface area contributed by atoms with Crippen LogP contribution in [0.15, 0.2) is 18.3 Å². The van der Waals surface area contributed by atoms with Crippen molar-refractivity contribution in [1.29, 1.82) is 0 Å². The topological polar surface area (TPSA) is 42.7 Å². The fourth-order valence-corrected chi connectivity index (χ4v) is 3.20. The van der Waals surface area contributed by atoms with Gasteiger partial charge in [-0.3, -0.25) is 0 Å². The highest BCUT2D eigenvalue weighted by Gasteiger charge is 2.17. The number of piperidine rings is 1. The number of aromatic nitrogens is 3. The van der Waals surface area contributed by atoms with Crippen LogP contribution in [0.25, 0.3) is 11.2 Å². The van der Waals surface area contributed by atoms with Gasteiger partial charge in [0.15, 0.2) is 5.65 Å². The largest absolute Gasteiger partial charge is 0.317 e. The van der Waals surface area contributed by atoms with Crippen molar-refractivity contribution in [2.75, 3.05) is 13.1 Å². The maximum Gasteiger partial charge on any atom is 0.160 e. The number of pyridine rings is 1. The van der Waals surface area contributed by atoms with E-state index in [1.807, 2.05) is 12.3 Å². The van der Waals surface area contributed by atoms with Crippen LogP contribution in [0.3, 0.4) is 0 Å². The van der Waals surface area contributed by atoms with Gasteiger partial charge in [-0.25, -0.2) is 9.97 Å². The Labute approximate surface area is 120 Å². The smallest absolute Gasteiger partial charge is 0.160 e. The number of imidazole rings is 1. The Morgan fingerprint density at radius 3 is 2.90 bits per heavy atom. The Hall–Kier alpha value is -1.42. The SMILES string of the molecule is CC(C)n1c(CCC2CCNCC2)nc2cccnc21. The van der Waals surface area contributed by atoms with Gasteiger partial charge < -0.3 is 9.88 Å². The van der Waals surface area contributed by atoms with E-state index in [0.29, 0.717) is 6.04 Å². The van der Waals surface area contributed by atoms with Crippen LogP contribution in [-0.4, -0.2) is 27.6 Å². The molecule has 1 aliphatic heterocycles.